The van der Waals surface area contributed by atoms with Crippen LogP contribution in [-0.4, -0.2) is 43.3 Å². The van der Waals surface area contributed by atoms with Crippen LogP contribution in [0.15, 0.2) is 72.8 Å². The number of fused-ring (bicyclic) bond motifs is 3. The second kappa shape index (κ2) is 9.40. The SMILES string of the molecule is COc1ccc(CCN2C[C@@H](c3ccccc3)[C@@H]3NCCc4c3n(c3ccccc43)C2)cc1OC. The summed E-state index contributed by atoms with van der Waals surface area (Å²) in [7, 11) is 3.38. The fourth-order valence-electron chi connectivity index (χ4n) is 6.07. The fourth-order valence-corrected chi connectivity index (χ4v) is 6.07. The van der Waals surface area contributed by atoms with Crippen LogP contribution in [0.5, 0.6) is 11.5 Å². The van der Waals surface area contributed by atoms with Crippen molar-refractivity contribution in [1.29, 1.82) is 0 Å². The van der Waals surface area contributed by atoms with Crippen LogP contribution < -0.4 is 14.8 Å². The van der Waals surface area contributed by atoms with Crippen molar-refractivity contribution in [2.24, 2.45) is 0 Å². The quantitative estimate of drug-likeness (QED) is 0.426. The summed E-state index contributed by atoms with van der Waals surface area (Å²) in [4.78, 5) is 2.63. The van der Waals surface area contributed by atoms with E-state index in [-0.39, 0.29) is 0 Å². The molecule has 3 aromatic carbocycles. The van der Waals surface area contributed by atoms with Gasteiger partial charge in [-0.05, 0) is 54.3 Å². The summed E-state index contributed by atoms with van der Waals surface area (Å²) in [6, 6.07) is 26.6. The van der Waals surface area contributed by atoms with Gasteiger partial charge in [0.25, 0.3) is 0 Å². The Morgan fingerprint density at radius 1 is 0.914 bits per heavy atom. The van der Waals surface area contributed by atoms with Crippen LogP contribution in [0, 0.1) is 0 Å². The molecule has 0 saturated heterocycles. The van der Waals surface area contributed by atoms with E-state index < -0.39 is 0 Å². The summed E-state index contributed by atoms with van der Waals surface area (Å²) in [5, 5.41) is 5.33. The van der Waals surface area contributed by atoms with Crippen molar-refractivity contribution in [3.05, 3.63) is 95.2 Å². The number of para-hydroxylation sites is 1. The minimum absolute atomic E-state index is 0.319. The molecular weight excluding hydrogens is 434 g/mol. The van der Waals surface area contributed by atoms with Gasteiger partial charge >= 0.3 is 0 Å². The highest BCUT2D eigenvalue weighted by Crippen LogP contribution is 2.42. The largest absolute Gasteiger partial charge is 0.493 e. The van der Waals surface area contributed by atoms with Crippen LogP contribution >= 0.6 is 0 Å². The van der Waals surface area contributed by atoms with Crippen molar-refractivity contribution in [2.75, 3.05) is 33.9 Å². The zero-order valence-corrected chi connectivity index (χ0v) is 20.5. The first-order valence-electron chi connectivity index (χ1n) is 12.6. The molecule has 0 saturated carbocycles. The monoisotopic (exact) mass is 467 g/mol. The predicted molar refractivity (Wildman–Crippen MR) is 140 cm³/mol. The summed E-state index contributed by atoms with van der Waals surface area (Å²) in [6.07, 6.45) is 2.05. The maximum Gasteiger partial charge on any atom is 0.160 e. The first-order chi connectivity index (χ1) is 17.3. The molecule has 4 aromatic rings. The normalized spacial score (nSPS) is 19.8. The smallest absolute Gasteiger partial charge is 0.160 e. The van der Waals surface area contributed by atoms with Gasteiger partial charge in [-0.3, -0.25) is 4.90 Å². The number of benzene rings is 3. The van der Waals surface area contributed by atoms with Crippen LogP contribution in [0.2, 0.25) is 0 Å². The molecule has 0 fully saturated rings. The third-order valence-corrected chi connectivity index (χ3v) is 7.74. The van der Waals surface area contributed by atoms with E-state index in [1.54, 1.807) is 14.2 Å². The Balaban J connectivity index is 1.38. The molecule has 5 nitrogen and oxygen atoms in total. The standard InChI is InChI=1S/C30H33N3O2/c1-34-27-13-12-21(18-28(27)35-2)15-17-32-19-25(22-8-4-3-5-9-22)29-30-24(14-16-31-29)23-10-6-7-11-26(23)33(30)20-32/h3-13,18,25,29,31H,14-17,19-20H2,1-2H3/t25-,29-/m0/s1. The topological polar surface area (TPSA) is 38.7 Å². The Morgan fingerprint density at radius 3 is 2.54 bits per heavy atom. The summed E-state index contributed by atoms with van der Waals surface area (Å²) >= 11 is 0. The van der Waals surface area contributed by atoms with Gasteiger partial charge in [0, 0.05) is 35.6 Å². The van der Waals surface area contributed by atoms with E-state index in [4.69, 9.17) is 9.47 Å². The number of hydrogen-bond acceptors (Lipinski definition) is 4. The van der Waals surface area contributed by atoms with Gasteiger partial charge in [0.2, 0.25) is 0 Å². The van der Waals surface area contributed by atoms with E-state index in [1.165, 1.54) is 33.3 Å². The van der Waals surface area contributed by atoms with Crippen LogP contribution in [-0.2, 0) is 19.5 Å². The number of nitrogens with zero attached hydrogens (tertiary/aromatic N) is 2. The molecule has 2 aliphatic rings. The highest BCUT2D eigenvalue weighted by Gasteiger charge is 2.37. The van der Waals surface area contributed by atoms with Crippen molar-refractivity contribution < 1.29 is 9.47 Å². The number of ether oxygens (including phenoxy) is 2. The van der Waals surface area contributed by atoms with E-state index in [9.17, 15) is 0 Å². The van der Waals surface area contributed by atoms with E-state index in [0.717, 1.165) is 50.6 Å². The van der Waals surface area contributed by atoms with Crippen LogP contribution in [0.1, 0.15) is 34.3 Å². The summed E-state index contributed by atoms with van der Waals surface area (Å²) in [5.41, 5.74) is 7.05. The molecule has 180 valence electrons. The molecule has 1 aromatic heterocycles. The van der Waals surface area contributed by atoms with E-state index in [2.05, 4.69) is 81.5 Å². The summed E-state index contributed by atoms with van der Waals surface area (Å²) < 4.78 is 13.6. The minimum atomic E-state index is 0.319. The number of rotatable bonds is 6. The van der Waals surface area contributed by atoms with Crippen molar-refractivity contribution in [3.63, 3.8) is 0 Å². The second-order valence-corrected chi connectivity index (χ2v) is 9.67. The van der Waals surface area contributed by atoms with Gasteiger partial charge in [-0.25, -0.2) is 0 Å². The average Bonchev–Trinajstić information content (AvgIpc) is 3.13. The molecular formula is C30H33N3O2. The Kier molecular flexibility index (Phi) is 5.96. The second-order valence-electron chi connectivity index (χ2n) is 9.67. The molecule has 0 aliphatic carbocycles. The lowest BCUT2D eigenvalue weighted by Gasteiger charge is -2.32. The van der Waals surface area contributed by atoms with Crippen molar-refractivity contribution in [2.45, 2.75) is 31.5 Å². The van der Waals surface area contributed by atoms with Crippen molar-refractivity contribution in [3.8, 4) is 11.5 Å². The van der Waals surface area contributed by atoms with Crippen molar-refractivity contribution >= 4 is 10.9 Å². The maximum atomic E-state index is 5.55. The van der Waals surface area contributed by atoms with Gasteiger partial charge in [0.05, 0.1) is 26.9 Å². The average molecular weight is 468 g/mol. The molecule has 6 rings (SSSR count). The van der Waals surface area contributed by atoms with Gasteiger partial charge < -0.3 is 19.4 Å². The fraction of sp³-hybridized carbons (Fsp3) is 0.333. The van der Waals surface area contributed by atoms with Crippen LogP contribution in [0.25, 0.3) is 10.9 Å². The summed E-state index contributed by atoms with van der Waals surface area (Å²) in [5.74, 6) is 1.96. The lowest BCUT2D eigenvalue weighted by molar-refractivity contribution is 0.216. The Bertz CT molecular complexity index is 1330. The van der Waals surface area contributed by atoms with Gasteiger partial charge in [-0.15, -0.1) is 0 Å². The first-order valence-corrected chi connectivity index (χ1v) is 12.6. The van der Waals surface area contributed by atoms with Gasteiger partial charge in [-0.2, -0.15) is 0 Å². The molecule has 35 heavy (non-hydrogen) atoms. The molecule has 0 spiro atoms. The van der Waals surface area contributed by atoms with Crippen LogP contribution in [0.3, 0.4) is 0 Å². The van der Waals surface area contributed by atoms with E-state index in [0.29, 0.717) is 12.0 Å². The zero-order chi connectivity index (χ0) is 23.8. The lowest BCUT2D eigenvalue weighted by atomic mass is 9.85. The van der Waals surface area contributed by atoms with Crippen LogP contribution in [0.4, 0.5) is 0 Å². The summed E-state index contributed by atoms with van der Waals surface area (Å²) in [6.45, 7) is 3.93. The molecule has 0 unspecified atom stereocenters. The lowest BCUT2D eigenvalue weighted by Crippen LogP contribution is -2.36. The molecule has 0 radical (unpaired) electrons. The molecule has 2 aliphatic heterocycles. The Hall–Kier alpha value is -3.28. The molecule has 0 amide bonds. The minimum Gasteiger partial charge on any atom is -0.493 e. The number of aromatic nitrogens is 1. The number of methoxy groups -OCH3 is 2. The number of nitrogens with one attached hydrogen (secondary N) is 1. The van der Waals surface area contributed by atoms with E-state index >= 15 is 0 Å². The van der Waals surface area contributed by atoms with E-state index in [1.807, 2.05) is 6.07 Å². The molecule has 0 bridgehead atoms. The first kappa shape index (κ1) is 22.2. The zero-order valence-electron chi connectivity index (χ0n) is 20.5. The maximum absolute atomic E-state index is 5.55. The molecule has 2 atom stereocenters. The third kappa shape index (κ3) is 3.99. The molecule has 3 heterocycles. The number of hydrogen-bond donors (Lipinski definition) is 1. The van der Waals surface area contributed by atoms with Crippen molar-refractivity contribution in [1.82, 2.24) is 14.8 Å². The Morgan fingerprint density at radius 2 is 1.71 bits per heavy atom. The molecule has 1 N–H and O–H groups in total. The predicted octanol–water partition coefficient (Wildman–Crippen LogP) is 5.14. The van der Waals surface area contributed by atoms with Gasteiger partial charge in [-0.1, -0.05) is 54.6 Å². The third-order valence-electron chi connectivity index (χ3n) is 7.74. The molecule has 5 heteroatoms. The highest BCUT2D eigenvalue weighted by molar-refractivity contribution is 5.86. The Labute approximate surface area is 207 Å². The van der Waals surface area contributed by atoms with Gasteiger partial charge in [0.15, 0.2) is 11.5 Å². The highest BCUT2D eigenvalue weighted by atomic mass is 16.5. The van der Waals surface area contributed by atoms with Gasteiger partial charge in [0.1, 0.15) is 0 Å².